The molecule has 2 aromatic rings. The maximum absolute atomic E-state index is 4.07. The lowest BCUT2D eigenvalue weighted by Gasteiger charge is -1.90. The van der Waals surface area contributed by atoms with Crippen LogP contribution in [0.5, 0.6) is 0 Å². The van der Waals surface area contributed by atoms with Crippen LogP contribution in [0.15, 0.2) is 12.4 Å². The second kappa shape index (κ2) is 3.34. The zero-order valence-corrected chi connectivity index (χ0v) is 7.30. The van der Waals surface area contributed by atoms with E-state index in [4.69, 9.17) is 0 Å². The lowest BCUT2D eigenvalue weighted by Crippen LogP contribution is -1.92. The molecule has 68 valence electrons. The second-order valence-electron chi connectivity index (χ2n) is 2.85. The topological polar surface area (TPSA) is 72.3 Å². The summed E-state index contributed by atoms with van der Waals surface area (Å²) in [6, 6.07) is 0. The SMILES string of the molecule is Cn1cc(CCc2nn[nH]n2)cn1. The quantitative estimate of drug-likeness (QED) is 0.701. The fourth-order valence-corrected chi connectivity index (χ4v) is 1.15. The minimum Gasteiger partial charge on any atom is -0.276 e. The Bertz CT molecular complexity index is 362. The van der Waals surface area contributed by atoms with Gasteiger partial charge in [-0.05, 0) is 12.0 Å². The smallest absolute Gasteiger partial charge is 0.174 e. The van der Waals surface area contributed by atoms with E-state index in [0.29, 0.717) is 0 Å². The fourth-order valence-electron chi connectivity index (χ4n) is 1.15. The first-order valence-corrected chi connectivity index (χ1v) is 4.04. The number of H-pyrrole nitrogens is 1. The van der Waals surface area contributed by atoms with E-state index in [-0.39, 0.29) is 0 Å². The van der Waals surface area contributed by atoms with Crippen molar-refractivity contribution in [1.29, 1.82) is 0 Å². The van der Waals surface area contributed by atoms with Crippen molar-refractivity contribution in [3.05, 3.63) is 23.8 Å². The molecule has 2 rings (SSSR count). The summed E-state index contributed by atoms with van der Waals surface area (Å²) in [5.41, 5.74) is 1.19. The summed E-state index contributed by atoms with van der Waals surface area (Å²) in [5, 5.41) is 17.7. The van der Waals surface area contributed by atoms with Crippen molar-refractivity contribution in [3.63, 3.8) is 0 Å². The normalized spacial score (nSPS) is 10.5. The molecule has 0 bridgehead atoms. The Kier molecular flexibility index (Phi) is 2.03. The predicted octanol–water partition coefficient (Wildman–Crippen LogP) is -0.282. The third-order valence-corrected chi connectivity index (χ3v) is 1.78. The molecule has 0 radical (unpaired) electrons. The molecule has 1 N–H and O–H groups in total. The Balaban J connectivity index is 1.93. The van der Waals surface area contributed by atoms with Gasteiger partial charge in [-0.3, -0.25) is 4.68 Å². The molecule has 6 nitrogen and oxygen atoms in total. The molecule has 0 aliphatic rings. The van der Waals surface area contributed by atoms with Crippen molar-refractivity contribution in [3.8, 4) is 0 Å². The van der Waals surface area contributed by atoms with Crippen LogP contribution >= 0.6 is 0 Å². The minimum absolute atomic E-state index is 0.740. The molecule has 2 aromatic heterocycles. The number of hydrogen-bond acceptors (Lipinski definition) is 4. The Labute approximate surface area is 75.0 Å². The molecular weight excluding hydrogens is 168 g/mol. The number of aromatic nitrogens is 6. The van der Waals surface area contributed by atoms with Crippen molar-refractivity contribution < 1.29 is 0 Å². The zero-order chi connectivity index (χ0) is 9.10. The molecule has 0 aliphatic heterocycles. The molecule has 6 heteroatoms. The van der Waals surface area contributed by atoms with Crippen LogP contribution < -0.4 is 0 Å². The average Bonchev–Trinajstić information content (AvgIpc) is 2.71. The number of aromatic amines is 1. The van der Waals surface area contributed by atoms with Gasteiger partial charge in [0.2, 0.25) is 0 Å². The summed E-state index contributed by atoms with van der Waals surface area (Å²) >= 11 is 0. The Hall–Kier alpha value is -1.72. The van der Waals surface area contributed by atoms with Crippen LogP contribution in [-0.2, 0) is 19.9 Å². The van der Waals surface area contributed by atoms with E-state index < -0.39 is 0 Å². The lowest BCUT2D eigenvalue weighted by atomic mass is 10.2. The Morgan fingerprint density at radius 2 is 2.38 bits per heavy atom. The lowest BCUT2D eigenvalue weighted by molar-refractivity contribution is 0.766. The van der Waals surface area contributed by atoms with E-state index in [0.717, 1.165) is 18.7 Å². The van der Waals surface area contributed by atoms with Crippen LogP contribution in [0.3, 0.4) is 0 Å². The number of rotatable bonds is 3. The van der Waals surface area contributed by atoms with E-state index in [2.05, 4.69) is 25.7 Å². The Morgan fingerprint density at radius 3 is 3.00 bits per heavy atom. The summed E-state index contributed by atoms with van der Waals surface area (Å²) in [4.78, 5) is 0. The van der Waals surface area contributed by atoms with Gasteiger partial charge in [-0.2, -0.15) is 10.3 Å². The minimum atomic E-state index is 0.740. The van der Waals surface area contributed by atoms with Crippen LogP contribution in [0, 0.1) is 0 Å². The fraction of sp³-hybridized carbons (Fsp3) is 0.429. The van der Waals surface area contributed by atoms with Gasteiger partial charge in [-0.15, -0.1) is 10.2 Å². The van der Waals surface area contributed by atoms with Gasteiger partial charge in [-0.1, -0.05) is 5.21 Å². The van der Waals surface area contributed by atoms with E-state index in [1.54, 1.807) is 4.68 Å². The van der Waals surface area contributed by atoms with E-state index in [1.165, 1.54) is 5.56 Å². The number of aryl methyl sites for hydroxylation is 3. The van der Waals surface area contributed by atoms with Crippen molar-refractivity contribution in [2.75, 3.05) is 0 Å². The van der Waals surface area contributed by atoms with Crippen molar-refractivity contribution in [2.45, 2.75) is 12.8 Å². The molecule has 0 aliphatic carbocycles. The molecule has 0 spiro atoms. The predicted molar refractivity (Wildman–Crippen MR) is 44.8 cm³/mol. The highest BCUT2D eigenvalue weighted by atomic mass is 15.5. The summed E-state index contributed by atoms with van der Waals surface area (Å²) in [5.74, 6) is 0.740. The molecular formula is C7H10N6. The number of hydrogen-bond donors (Lipinski definition) is 1. The summed E-state index contributed by atoms with van der Waals surface area (Å²) in [6.07, 6.45) is 5.52. The standard InChI is InChI=1S/C7H10N6/c1-13-5-6(4-8-13)2-3-7-9-11-12-10-7/h4-5H,2-3H2,1H3,(H,9,10,11,12). The maximum Gasteiger partial charge on any atom is 0.174 e. The van der Waals surface area contributed by atoms with Crippen LogP contribution in [0.1, 0.15) is 11.4 Å². The summed E-state index contributed by atoms with van der Waals surface area (Å²) in [6.45, 7) is 0. The number of nitrogens with one attached hydrogen (secondary N) is 1. The molecule has 0 saturated heterocycles. The van der Waals surface area contributed by atoms with E-state index >= 15 is 0 Å². The first kappa shape index (κ1) is 7.90. The highest BCUT2D eigenvalue weighted by Crippen LogP contribution is 2.00. The highest BCUT2D eigenvalue weighted by molar-refractivity contribution is 5.05. The van der Waals surface area contributed by atoms with Gasteiger partial charge in [0.15, 0.2) is 5.82 Å². The monoisotopic (exact) mass is 178 g/mol. The van der Waals surface area contributed by atoms with Gasteiger partial charge in [0.25, 0.3) is 0 Å². The van der Waals surface area contributed by atoms with Gasteiger partial charge in [-0.25, -0.2) is 0 Å². The second-order valence-corrected chi connectivity index (χ2v) is 2.85. The number of nitrogens with zero attached hydrogens (tertiary/aromatic N) is 5. The molecule has 13 heavy (non-hydrogen) atoms. The van der Waals surface area contributed by atoms with Crippen LogP contribution in [0.4, 0.5) is 0 Å². The zero-order valence-electron chi connectivity index (χ0n) is 7.30. The van der Waals surface area contributed by atoms with Gasteiger partial charge in [0.05, 0.1) is 6.20 Å². The first-order chi connectivity index (χ1) is 6.34. The van der Waals surface area contributed by atoms with Gasteiger partial charge in [0.1, 0.15) is 0 Å². The van der Waals surface area contributed by atoms with Gasteiger partial charge >= 0.3 is 0 Å². The molecule has 0 amide bonds. The van der Waals surface area contributed by atoms with Crippen molar-refractivity contribution in [1.82, 2.24) is 30.4 Å². The van der Waals surface area contributed by atoms with Gasteiger partial charge in [0, 0.05) is 19.7 Å². The average molecular weight is 178 g/mol. The summed E-state index contributed by atoms with van der Waals surface area (Å²) < 4.78 is 1.78. The molecule has 0 unspecified atom stereocenters. The number of tetrazole rings is 1. The Morgan fingerprint density at radius 1 is 1.46 bits per heavy atom. The molecule has 0 fully saturated rings. The van der Waals surface area contributed by atoms with Gasteiger partial charge < -0.3 is 0 Å². The molecule has 2 heterocycles. The first-order valence-electron chi connectivity index (χ1n) is 4.04. The van der Waals surface area contributed by atoms with E-state index in [1.807, 2.05) is 19.4 Å². The highest BCUT2D eigenvalue weighted by Gasteiger charge is 2.00. The molecule has 0 aromatic carbocycles. The van der Waals surface area contributed by atoms with Crippen molar-refractivity contribution >= 4 is 0 Å². The van der Waals surface area contributed by atoms with Crippen LogP contribution in [0.2, 0.25) is 0 Å². The molecule has 0 saturated carbocycles. The van der Waals surface area contributed by atoms with E-state index in [9.17, 15) is 0 Å². The maximum atomic E-state index is 4.07. The molecule has 0 atom stereocenters. The summed E-state index contributed by atoms with van der Waals surface area (Å²) in [7, 11) is 1.90. The largest absolute Gasteiger partial charge is 0.276 e. The van der Waals surface area contributed by atoms with Crippen LogP contribution in [0.25, 0.3) is 0 Å². The third-order valence-electron chi connectivity index (χ3n) is 1.78. The van der Waals surface area contributed by atoms with Crippen LogP contribution in [-0.4, -0.2) is 30.4 Å². The third kappa shape index (κ3) is 1.90. The van der Waals surface area contributed by atoms with Crippen molar-refractivity contribution in [2.24, 2.45) is 7.05 Å².